The average Bonchev–Trinajstić information content (AvgIpc) is 2.77. The maximum Gasteiger partial charge on any atom is 0.321 e. The van der Waals surface area contributed by atoms with Gasteiger partial charge in [-0.2, -0.15) is 0 Å². The smallest absolute Gasteiger partial charge is 0.321 e. The third-order valence-corrected chi connectivity index (χ3v) is 7.08. The van der Waals surface area contributed by atoms with Gasteiger partial charge in [-0.3, -0.25) is 4.90 Å². The van der Waals surface area contributed by atoms with Crippen LogP contribution in [-0.2, 0) is 9.47 Å². The van der Waals surface area contributed by atoms with Crippen molar-refractivity contribution in [2.45, 2.75) is 62.6 Å². The standard InChI is InChI=1S/C23H35N3O3/c1-28-16-17-29-21-18-26(23(21)12-6-3-7-13-23)20-10-14-25(15-11-20)22(27)24-19-8-4-2-5-9-19/h2,4-5,8-9,20-21H,3,6-7,10-18H2,1H3,(H,24,27). The summed E-state index contributed by atoms with van der Waals surface area (Å²) in [6, 6.07) is 10.3. The van der Waals surface area contributed by atoms with Crippen molar-refractivity contribution in [1.82, 2.24) is 9.80 Å². The molecule has 2 saturated heterocycles. The number of rotatable bonds is 6. The molecule has 6 heteroatoms. The van der Waals surface area contributed by atoms with Crippen molar-refractivity contribution >= 4 is 11.7 Å². The van der Waals surface area contributed by atoms with E-state index in [2.05, 4.69) is 10.2 Å². The Morgan fingerprint density at radius 2 is 1.83 bits per heavy atom. The van der Waals surface area contributed by atoms with E-state index in [0.717, 1.165) is 38.2 Å². The van der Waals surface area contributed by atoms with Gasteiger partial charge in [0.25, 0.3) is 0 Å². The third-order valence-electron chi connectivity index (χ3n) is 7.08. The highest BCUT2D eigenvalue weighted by atomic mass is 16.5. The fourth-order valence-corrected chi connectivity index (χ4v) is 5.47. The van der Waals surface area contributed by atoms with Gasteiger partial charge in [-0.25, -0.2) is 4.79 Å². The third kappa shape index (κ3) is 4.44. The first kappa shape index (κ1) is 20.6. The molecule has 1 aromatic rings. The Morgan fingerprint density at radius 3 is 2.52 bits per heavy atom. The first-order chi connectivity index (χ1) is 14.2. The summed E-state index contributed by atoms with van der Waals surface area (Å²) < 4.78 is 11.4. The van der Waals surface area contributed by atoms with Crippen LogP contribution in [0.3, 0.4) is 0 Å². The maximum atomic E-state index is 12.6. The Bertz CT molecular complexity index is 655. The van der Waals surface area contributed by atoms with E-state index >= 15 is 0 Å². The van der Waals surface area contributed by atoms with Gasteiger partial charge >= 0.3 is 6.03 Å². The van der Waals surface area contributed by atoms with Gasteiger partial charge < -0.3 is 19.7 Å². The van der Waals surface area contributed by atoms with Crippen LogP contribution in [0.15, 0.2) is 30.3 Å². The minimum Gasteiger partial charge on any atom is -0.382 e. The van der Waals surface area contributed by atoms with Gasteiger partial charge in [-0.05, 0) is 37.8 Å². The summed E-state index contributed by atoms with van der Waals surface area (Å²) in [4.78, 5) is 17.3. The van der Waals surface area contributed by atoms with Crippen LogP contribution in [-0.4, -0.2) is 73.5 Å². The number of piperidine rings is 1. The van der Waals surface area contributed by atoms with Crippen LogP contribution in [0.25, 0.3) is 0 Å². The van der Waals surface area contributed by atoms with Crippen molar-refractivity contribution in [2.75, 3.05) is 45.3 Å². The molecule has 3 fully saturated rings. The predicted molar refractivity (Wildman–Crippen MR) is 114 cm³/mol. The monoisotopic (exact) mass is 401 g/mol. The van der Waals surface area contributed by atoms with Gasteiger partial charge in [0, 0.05) is 44.0 Å². The largest absolute Gasteiger partial charge is 0.382 e. The summed E-state index contributed by atoms with van der Waals surface area (Å²) in [7, 11) is 1.73. The van der Waals surface area contributed by atoms with Crippen LogP contribution in [0.5, 0.6) is 0 Å². The van der Waals surface area contributed by atoms with Gasteiger partial charge in [-0.1, -0.05) is 37.5 Å². The first-order valence-electron chi connectivity index (χ1n) is 11.2. The molecule has 29 heavy (non-hydrogen) atoms. The molecule has 0 radical (unpaired) electrons. The predicted octanol–water partition coefficient (Wildman–Crippen LogP) is 3.73. The second kappa shape index (κ2) is 9.45. The van der Waals surface area contributed by atoms with E-state index in [1.54, 1.807) is 7.11 Å². The van der Waals surface area contributed by atoms with Crippen molar-refractivity contribution in [2.24, 2.45) is 0 Å². The molecule has 4 rings (SSSR count). The normalized spacial score (nSPS) is 25.0. The lowest BCUT2D eigenvalue weighted by atomic mass is 9.69. The number of benzene rings is 1. The molecule has 0 bridgehead atoms. The number of carbonyl (C=O) groups is 1. The highest BCUT2D eigenvalue weighted by molar-refractivity contribution is 5.89. The van der Waals surface area contributed by atoms with Crippen molar-refractivity contribution < 1.29 is 14.3 Å². The fraction of sp³-hybridized carbons (Fsp3) is 0.696. The number of ether oxygens (including phenoxy) is 2. The van der Waals surface area contributed by atoms with Gasteiger partial charge in [0.05, 0.1) is 19.3 Å². The summed E-state index contributed by atoms with van der Waals surface area (Å²) in [5.74, 6) is 0. The number of methoxy groups -OCH3 is 1. The van der Waals surface area contributed by atoms with E-state index in [1.165, 1.54) is 32.1 Å². The van der Waals surface area contributed by atoms with Crippen molar-refractivity contribution in [1.29, 1.82) is 0 Å². The lowest BCUT2D eigenvalue weighted by Crippen LogP contribution is -2.75. The van der Waals surface area contributed by atoms with Gasteiger partial charge in [0.15, 0.2) is 0 Å². The summed E-state index contributed by atoms with van der Waals surface area (Å²) in [5.41, 5.74) is 1.09. The SMILES string of the molecule is COCCOC1CN(C2CCN(C(=O)Nc3ccccc3)CC2)C12CCCCC2. The zero-order valence-corrected chi connectivity index (χ0v) is 17.6. The van der Waals surface area contributed by atoms with Crippen molar-refractivity contribution in [3.63, 3.8) is 0 Å². The van der Waals surface area contributed by atoms with E-state index in [0.29, 0.717) is 25.4 Å². The Morgan fingerprint density at radius 1 is 1.10 bits per heavy atom. The Labute approximate surface area is 174 Å². The topological polar surface area (TPSA) is 54.0 Å². The molecule has 1 aromatic carbocycles. The zero-order chi connectivity index (χ0) is 20.1. The zero-order valence-electron chi connectivity index (χ0n) is 17.6. The molecule has 2 amide bonds. The molecular formula is C23H35N3O3. The van der Waals surface area contributed by atoms with Crippen LogP contribution in [0.1, 0.15) is 44.9 Å². The number of para-hydroxylation sites is 1. The van der Waals surface area contributed by atoms with Crippen LogP contribution in [0.4, 0.5) is 10.5 Å². The van der Waals surface area contributed by atoms with Gasteiger partial charge in [0.1, 0.15) is 0 Å². The lowest BCUT2D eigenvalue weighted by molar-refractivity contribution is -0.203. The van der Waals surface area contributed by atoms with Crippen molar-refractivity contribution in [3.8, 4) is 0 Å². The number of nitrogens with zero attached hydrogens (tertiary/aromatic N) is 2. The molecular weight excluding hydrogens is 366 g/mol. The van der Waals surface area contributed by atoms with Crippen LogP contribution >= 0.6 is 0 Å². The first-order valence-corrected chi connectivity index (χ1v) is 11.2. The number of urea groups is 1. The molecule has 0 aromatic heterocycles. The average molecular weight is 402 g/mol. The van der Waals surface area contributed by atoms with Gasteiger partial charge in [0.2, 0.25) is 0 Å². The van der Waals surface area contributed by atoms with E-state index in [1.807, 2.05) is 35.2 Å². The minimum absolute atomic E-state index is 0.0198. The Kier molecular flexibility index (Phi) is 6.73. The van der Waals surface area contributed by atoms with Gasteiger partial charge in [-0.15, -0.1) is 0 Å². The van der Waals surface area contributed by atoms with Crippen LogP contribution in [0.2, 0.25) is 0 Å². The maximum absolute atomic E-state index is 12.6. The quantitative estimate of drug-likeness (QED) is 0.738. The van der Waals surface area contributed by atoms with Crippen molar-refractivity contribution in [3.05, 3.63) is 30.3 Å². The number of anilines is 1. The summed E-state index contributed by atoms with van der Waals surface area (Å²) in [5, 5.41) is 3.02. The van der Waals surface area contributed by atoms with Crippen LogP contribution in [0, 0.1) is 0 Å². The van der Waals surface area contributed by atoms with Crippen LogP contribution < -0.4 is 5.32 Å². The summed E-state index contributed by atoms with van der Waals surface area (Å²) >= 11 is 0. The van der Waals surface area contributed by atoms with E-state index in [9.17, 15) is 4.79 Å². The molecule has 3 aliphatic rings. The lowest BCUT2D eigenvalue weighted by Gasteiger charge is -2.63. The molecule has 6 nitrogen and oxygen atoms in total. The molecule has 160 valence electrons. The number of likely N-dealkylation sites (tertiary alicyclic amines) is 2. The second-order valence-electron chi connectivity index (χ2n) is 8.68. The molecule has 1 saturated carbocycles. The molecule has 2 heterocycles. The van der Waals surface area contributed by atoms with E-state index in [4.69, 9.17) is 9.47 Å². The Hall–Kier alpha value is -1.63. The van der Waals surface area contributed by atoms with E-state index in [-0.39, 0.29) is 11.6 Å². The number of nitrogens with one attached hydrogen (secondary N) is 1. The highest BCUT2D eigenvalue weighted by Gasteiger charge is 2.56. The second-order valence-corrected chi connectivity index (χ2v) is 8.68. The number of hydrogen-bond acceptors (Lipinski definition) is 4. The molecule has 1 atom stereocenters. The summed E-state index contributed by atoms with van der Waals surface area (Å²) in [6.45, 7) is 4.04. The fourth-order valence-electron chi connectivity index (χ4n) is 5.47. The molecule has 1 unspecified atom stereocenters. The summed E-state index contributed by atoms with van der Waals surface area (Å²) in [6.07, 6.45) is 8.90. The molecule has 1 aliphatic carbocycles. The highest BCUT2D eigenvalue weighted by Crippen LogP contribution is 2.47. The minimum atomic E-state index is 0.0198. The molecule has 1 N–H and O–H groups in total. The Balaban J connectivity index is 1.31. The van der Waals surface area contributed by atoms with E-state index < -0.39 is 0 Å². The number of carbonyl (C=O) groups excluding carboxylic acids is 1. The molecule has 1 spiro atoms. The molecule has 2 aliphatic heterocycles. The number of amides is 2. The number of hydrogen-bond donors (Lipinski definition) is 1.